The molecule has 110 valence electrons. The summed E-state index contributed by atoms with van der Waals surface area (Å²) in [6, 6.07) is 5.92. The van der Waals surface area contributed by atoms with Crippen LogP contribution < -0.4 is 5.32 Å². The monoisotopic (exact) mass is 354 g/mol. The van der Waals surface area contributed by atoms with Crippen molar-refractivity contribution < 1.29 is 24.0 Å². The lowest BCUT2D eigenvalue weighted by atomic mass is 10.2. The Labute approximate surface area is 128 Å². The fourth-order valence-corrected chi connectivity index (χ4v) is 2.01. The van der Waals surface area contributed by atoms with E-state index in [1.165, 1.54) is 25.3 Å². The maximum Gasteiger partial charge on any atom is 0.336 e. The van der Waals surface area contributed by atoms with Crippen LogP contribution in [0.25, 0.3) is 0 Å². The Morgan fingerprint density at radius 2 is 2.19 bits per heavy atom. The summed E-state index contributed by atoms with van der Waals surface area (Å²) in [5.41, 5.74) is 0.478. The lowest BCUT2D eigenvalue weighted by Crippen LogP contribution is -2.13. The summed E-state index contributed by atoms with van der Waals surface area (Å²) in [6.45, 7) is 0.210. The first-order chi connectivity index (χ1) is 10.0. The number of rotatable bonds is 5. The molecular formula is C13H11BrN2O5. The topological polar surface area (TPSA) is 102 Å². The number of hydrogen-bond donors (Lipinski definition) is 2. The maximum absolute atomic E-state index is 12.0. The molecule has 1 aromatic heterocycles. The minimum atomic E-state index is -1.10. The third-order valence-corrected chi connectivity index (χ3v) is 3.22. The number of benzene rings is 1. The Hall–Kier alpha value is -2.19. The van der Waals surface area contributed by atoms with E-state index in [-0.39, 0.29) is 17.9 Å². The highest BCUT2D eigenvalue weighted by molar-refractivity contribution is 9.10. The highest BCUT2D eigenvalue weighted by atomic mass is 79.9. The van der Waals surface area contributed by atoms with Gasteiger partial charge >= 0.3 is 5.97 Å². The number of nitrogens with zero attached hydrogens (tertiary/aromatic N) is 1. The van der Waals surface area contributed by atoms with Crippen LogP contribution in [0.15, 0.2) is 33.3 Å². The summed E-state index contributed by atoms with van der Waals surface area (Å²) in [7, 11) is 1.50. The standard InChI is InChI=1S/C13H11BrN2O5/c1-20-6-8-5-11(16-21-8)12(17)15-7-2-3-10(14)9(4-7)13(18)19/h2-5H,6H2,1H3,(H,15,17)(H,18,19). The average Bonchev–Trinajstić information content (AvgIpc) is 2.90. The van der Waals surface area contributed by atoms with Crippen LogP contribution in [-0.2, 0) is 11.3 Å². The molecule has 0 unspecified atom stereocenters. The summed E-state index contributed by atoms with van der Waals surface area (Å²) >= 11 is 3.13. The van der Waals surface area contributed by atoms with Crippen LogP contribution in [0.5, 0.6) is 0 Å². The van der Waals surface area contributed by atoms with Gasteiger partial charge in [-0.05, 0) is 34.1 Å². The van der Waals surface area contributed by atoms with Crippen molar-refractivity contribution in [3.05, 3.63) is 45.8 Å². The minimum absolute atomic E-state index is 0.0491. The van der Waals surface area contributed by atoms with E-state index in [0.717, 1.165) is 0 Å². The zero-order valence-corrected chi connectivity index (χ0v) is 12.5. The number of carboxylic acids is 1. The zero-order chi connectivity index (χ0) is 15.4. The van der Waals surface area contributed by atoms with Crippen LogP contribution in [0.3, 0.4) is 0 Å². The minimum Gasteiger partial charge on any atom is -0.478 e. The van der Waals surface area contributed by atoms with Gasteiger partial charge in [0.1, 0.15) is 6.61 Å². The van der Waals surface area contributed by atoms with E-state index >= 15 is 0 Å². The number of anilines is 1. The molecule has 1 amide bonds. The number of carbonyl (C=O) groups is 2. The molecule has 2 N–H and O–H groups in total. The van der Waals surface area contributed by atoms with E-state index in [0.29, 0.717) is 15.9 Å². The number of halogens is 1. The van der Waals surface area contributed by atoms with E-state index in [4.69, 9.17) is 14.4 Å². The molecule has 0 saturated heterocycles. The molecule has 0 aliphatic heterocycles. The number of methoxy groups -OCH3 is 1. The largest absolute Gasteiger partial charge is 0.478 e. The summed E-state index contributed by atoms with van der Waals surface area (Å²) < 4.78 is 10.2. The van der Waals surface area contributed by atoms with Crippen molar-refractivity contribution in [2.24, 2.45) is 0 Å². The summed E-state index contributed by atoms with van der Waals surface area (Å²) in [4.78, 5) is 23.0. The number of carboxylic acid groups (broad SMARTS) is 1. The van der Waals surface area contributed by atoms with E-state index in [2.05, 4.69) is 26.4 Å². The number of amides is 1. The first kappa shape index (κ1) is 15.2. The highest BCUT2D eigenvalue weighted by Gasteiger charge is 2.15. The van der Waals surface area contributed by atoms with Gasteiger partial charge < -0.3 is 19.7 Å². The van der Waals surface area contributed by atoms with Crippen LogP contribution in [-0.4, -0.2) is 29.2 Å². The van der Waals surface area contributed by atoms with Crippen molar-refractivity contribution in [1.82, 2.24) is 5.16 Å². The van der Waals surface area contributed by atoms with Crippen LogP contribution in [0.2, 0.25) is 0 Å². The summed E-state index contributed by atoms with van der Waals surface area (Å²) in [5, 5.41) is 15.2. The molecule has 8 heteroatoms. The van der Waals surface area contributed by atoms with E-state index in [1.54, 1.807) is 6.07 Å². The maximum atomic E-state index is 12.0. The molecular weight excluding hydrogens is 344 g/mol. The number of aromatic nitrogens is 1. The highest BCUT2D eigenvalue weighted by Crippen LogP contribution is 2.21. The molecule has 0 saturated carbocycles. The number of carbonyl (C=O) groups excluding carboxylic acids is 1. The van der Waals surface area contributed by atoms with Gasteiger partial charge in [0.15, 0.2) is 11.5 Å². The molecule has 1 aromatic carbocycles. The van der Waals surface area contributed by atoms with Gasteiger partial charge in [-0.15, -0.1) is 0 Å². The fourth-order valence-electron chi connectivity index (χ4n) is 1.59. The first-order valence-corrected chi connectivity index (χ1v) is 6.59. The van der Waals surface area contributed by atoms with E-state index in [1.807, 2.05) is 0 Å². The molecule has 0 aliphatic carbocycles. The lowest BCUT2D eigenvalue weighted by molar-refractivity contribution is 0.0695. The smallest absolute Gasteiger partial charge is 0.336 e. The van der Waals surface area contributed by atoms with Gasteiger partial charge in [0.25, 0.3) is 5.91 Å². The zero-order valence-electron chi connectivity index (χ0n) is 10.9. The Morgan fingerprint density at radius 1 is 1.43 bits per heavy atom. The fraction of sp³-hybridized carbons (Fsp3) is 0.154. The molecule has 0 fully saturated rings. The predicted molar refractivity (Wildman–Crippen MR) is 76.3 cm³/mol. The van der Waals surface area contributed by atoms with Crippen molar-refractivity contribution >= 4 is 33.5 Å². The number of ether oxygens (including phenoxy) is 1. The van der Waals surface area contributed by atoms with Gasteiger partial charge in [0.05, 0.1) is 5.56 Å². The normalized spacial score (nSPS) is 10.4. The SMILES string of the molecule is COCc1cc(C(=O)Nc2ccc(Br)c(C(=O)O)c2)no1. The van der Waals surface area contributed by atoms with E-state index < -0.39 is 11.9 Å². The van der Waals surface area contributed by atoms with Crippen LogP contribution in [0.1, 0.15) is 26.6 Å². The Bertz CT molecular complexity index is 683. The molecule has 21 heavy (non-hydrogen) atoms. The van der Waals surface area contributed by atoms with Gasteiger partial charge in [-0.3, -0.25) is 4.79 Å². The quantitative estimate of drug-likeness (QED) is 0.855. The average molecular weight is 355 g/mol. The van der Waals surface area contributed by atoms with Gasteiger partial charge in [-0.2, -0.15) is 0 Å². The molecule has 7 nitrogen and oxygen atoms in total. The van der Waals surface area contributed by atoms with Gasteiger partial charge in [-0.1, -0.05) is 5.16 Å². The van der Waals surface area contributed by atoms with Crippen LogP contribution in [0, 0.1) is 0 Å². The van der Waals surface area contributed by atoms with Crippen molar-refractivity contribution in [1.29, 1.82) is 0 Å². The third kappa shape index (κ3) is 3.67. The van der Waals surface area contributed by atoms with Gasteiger partial charge in [-0.25, -0.2) is 4.79 Å². The van der Waals surface area contributed by atoms with Crippen molar-refractivity contribution in [3.8, 4) is 0 Å². The number of nitrogens with one attached hydrogen (secondary N) is 1. The molecule has 0 bridgehead atoms. The molecule has 2 aromatic rings. The third-order valence-electron chi connectivity index (χ3n) is 2.53. The van der Waals surface area contributed by atoms with Crippen molar-refractivity contribution in [3.63, 3.8) is 0 Å². The Morgan fingerprint density at radius 3 is 2.86 bits per heavy atom. The lowest BCUT2D eigenvalue weighted by Gasteiger charge is -2.05. The second-order valence-electron chi connectivity index (χ2n) is 4.07. The predicted octanol–water partition coefficient (Wildman–Crippen LogP) is 2.53. The van der Waals surface area contributed by atoms with Crippen molar-refractivity contribution in [2.75, 3.05) is 12.4 Å². The van der Waals surface area contributed by atoms with Gasteiger partial charge in [0.2, 0.25) is 0 Å². The van der Waals surface area contributed by atoms with Crippen molar-refractivity contribution in [2.45, 2.75) is 6.61 Å². The number of aromatic carboxylic acids is 1. The van der Waals surface area contributed by atoms with Gasteiger partial charge in [0, 0.05) is 23.3 Å². The molecule has 1 heterocycles. The number of hydrogen-bond acceptors (Lipinski definition) is 5. The second kappa shape index (κ2) is 6.51. The molecule has 0 atom stereocenters. The molecule has 0 spiro atoms. The first-order valence-electron chi connectivity index (χ1n) is 5.80. The van der Waals surface area contributed by atoms with E-state index in [9.17, 15) is 9.59 Å². The summed E-state index contributed by atoms with van der Waals surface area (Å²) in [6.07, 6.45) is 0. The Balaban J connectivity index is 2.15. The Kier molecular flexibility index (Phi) is 4.71. The second-order valence-corrected chi connectivity index (χ2v) is 4.92. The van der Waals surface area contributed by atoms with Crippen LogP contribution >= 0.6 is 15.9 Å². The molecule has 0 radical (unpaired) electrons. The summed E-state index contributed by atoms with van der Waals surface area (Å²) in [5.74, 6) is -1.17. The van der Waals surface area contributed by atoms with Crippen LogP contribution in [0.4, 0.5) is 5.69 Å². The molecule has 0 aliphatic rings. The molecule has 2 rings (SSSR count).